The van der Waals surface area contributed by atoms with Crippen LogP contribution in [-0.4, -0.2) is 32.0 Å². The first-order chi connectivity index (χ1) is 9.81. The molecule has 3 aromatic rings. The lowest BCUT2D eigenvalue weighted by molar-refractivity contribution is 0.0127. The molecule has 0 spiro atoms. The van der Waals surface area contributed by atoms with Crippen molar-refractivity contribution in [2.24, 2.45) is 0 Å². The molecule has 3 atom stereocenters. The van der Waals surface area contributed by atoms with Crippen molar-refractivity contribution in [3.8, 4) is 0 Å². The maximum atomic E-state index is 9.92. The zero-order chi connectivity index (χ0) is 13.5. The first-order valence-electron chi connectivity index (χ1n) is 6.60. The molecule has 2 aromatic heterocycles. The van der Waals surface area contributed by atoms with E-state index < -0.39 is 6.10 Å². The molecule has 0 radical (unpaired) electrons. The van der Waals surface area contributed by atoms with Crippen molar-refractivity contribution in [3.63, 3.8) is 0 Å². The number of anilines is 1. The van der Waals surface area contributed by atoms with E-state index >= 15 is 0 Å². The first kappa shape index (κ1) is 11.5. The van der Waals surface area contributed by atoms with Crippen LogP contribution in [0.25, 0.3) is 11.1 Å². The van der Waals surface area contributed by atoms with E-state index in [1.165, 1.54) is 0 Å². The van der Waals surface area contributed by atoms with Crippen LogP contribution in [0.5, 0.6) is 0 Å². The van der Waals surface area contributed by atoms with E-state index in [0.717, 1.165) is 11.1 Å². The van der Waals surface area contributed by atoms with Crippen LogP contribution < -0.4 is 5.32 Å². The van der Waals surface area contributed by atoms with Crippen molar-refractivity contribution in [3.05, 3.63) is 42.7 Å². The lowest BCUT2D eigenvalue weighted by Gasteiger charge is -2.41. The van der Waals surface area contributed by atoms with Gasteiger partial charge in [-0.25, -0.2) is 0 Å². The molecule has 0 saturated heterocycles. The van der Waals surface area contributed by atoms with Crippen LogP contribution in [-0.2, 0) is 0 Å². The summed E-state index contributed by atoms with van der Waals surface area (Å²) >= 11 is 0. The minimum atomic E-state index is -0.392. The highest BCUT2D eigenvalue weighted by Crippen LogP contribution is 2.35. The summed E-state index contributed by atoms with van der Waals surface area (Å²) in [6.45, 7) is 0. The van der Waals surface area contributed by atoms with Crippen LogP contribution in [0, 0.1) is 0 Å². The fourth-order valence-electron chi connectivity index (χ4n) is 2.67. The molecular formula is C14H14N4O2. The topological polar surface area (TPSA) is 76.1 Å². The van der Waals surface area contributed by atoms with Gasteiger partial charge < -0.3 is 14.8 Å². The standard InChI is InChI=1S/C14H14N4O2/c19-11-8-10(13(11)18-7-3-6-15-18)17-14-16-9-4-1-2-5-12(9)20-14/h1-7,10-11,13,19H,8H2,(H,16,17)/t10-,11+,13+/m0/s1. The number of benzene rings is 1. The van der Waals surface area contributed by atoms with Crippen molar-refractivity contribution in [1.82, 2.24) is 14.8 Å². The molecule has 0 amide bonds. The quantitative estimate of drug-likeness (QED) is 0.759. The number of aliphatic hydroxyl groups is 1. The minimum Gasteiger partial charge on any atom is -0.424 e. The molecule has 1 aromatic carbocycles. The van der Waals surface area contributed by atoms with Crippen LogP contribution >= 0.6 is 0 Å². The van der Waals surface area contributed by atoms with E-state index in [9.17, 15) is 5.11 Å². The first-order valence-corrected chi connectivity index (χ1v) is 6.60. The SMILES string of the molecule is O[C@@H]1C[C@H](Nc2nc3ccccc3o2)[C@H]1n1cccn1. The summed E-state index contributed by atoms with van der Waals surface area (Å²) < 4.78 is 7.41. The Morgan fingerprint density at radius 3 is 2.95 bits per heavy atom. The second kappa shape index (κ2) is 4.35. The third-order valence-corrected chi connectivity index (χ3v) is 3.73. The molecule has 0 unspecified atom stereocenters. The molecule has 1 aliphatic rings. The number of hydrogen-bond donors (Lipinski definition) is 2. The Balaban J connectivity index is 1.57. The van der Waals surface area contributed by atoms with Gasteiger partial charge in [0.25, 0.3) is 6.01 Å². The Kier molecular flexibility index (Phi) is 2.50. The van der Waals surface area contributed by atoms with Gasteiger partial charge in [0, 0.05) is 12.4 Å². The van der Waals surface area contributed by atoms with E-state index in [4.69, 9.17) is 4.42 Å². The number of para-hydroxylation sites is 2. The van der Waals surface area contributed by atoms with Crippen molar-refractivity contribution in [2.45, 2.75) is 24.6 Å². The molecule has 102 valence electrons. The number of aromatic nitrogens is 3. The lowest BCUT2D eigenvalue weighted by Crippen LogP contribution is -2.51. The number of nitrogens with one attached hydrogen (secondary N) is 1. The molecule has 20 heavy (non-hydrogen) atoms. The zero-order valence-electron chi connectivity index (χ0n) is 10.7. The van der Waals surface area contributed by atoms with E-state index in [0.29, 0.717) is 12.4 Å². The maximum absolute atomic E-state index is 9.92. The Morgan fingerprint density at radius 1 is 1.30 bits per heavy atom. The highest BCUT2D eigenvalue weighted by molar-refractivity contribution is 5.74. The smallest absolute Gasteiger partial charge is 0.295 e. The summed E-state index contributed by atoms with van der Waals surface area (Å²) in [5.74, 6) is 0. The zero-order valence-corrected chi connectivity index (χ0v) is 10.7. The van der Waals surface area contributed by atoms with Gasteiger partial charge in [-0.05, 0) is 24.6 Å². The number of hydrogen-bond acceptors (Lipinski definition) is 5. The van der Waals surface area contributed by atoms with Crippen LogP contribution in [0.1, 0.15) is 12.5 Å². The molecule has 1 saturated carbocycles. The number of oxazole rings is 1. The third kappa shape index (κ3) is 1.77. The second-order valence-electron chi connectivity index (χ2n) is 5.02. The predicted molar refractivity (Wildman–Crippen MR) is 73.3 cm³/mol. The van der Waals surface area contributed by atoms with E-state index in [1.807, 2.05) is 36.5 Å². The van der Waals surface area contributed by atoms with Gasteiger partial charge in [0.15, 0.2) is 5.58 Å². The van der Waals surface area contributed by atoms with E-state index in [-0.39, 0.29) is 12.1 Å². The van der Waals surface area contributed by atoms with Crippen molar-refractivity contribution in [2.75, 3.05) is 5.32 Å². The summed E-state index contributed by atoms with van der Waals surface area (Å²) in [7, 11) is 0. The predicted octanol–water partition coefficient (Wildman–Crippen LogP) is 1.81. The summed E-state index contributed by atoms with van der Waals surface area (Å²) in [4.78, 5) is 4.39. The normalized spacial score (nSPS) is 25.6. The van der Waals surface area contributed by atoms with Crippen LogP contribution in [0.4, 0.5) is 6.01 Å². The van der Waals surface area contributed by atoms with Gasteiger partial charge in [-0.15, -0.1) is 0 Å². The van der Waals surface area contributed by atoms with E-state index in [1.54, 1.807) is 10.9 Å². The van der Waals surface area contributed by atoms with Crippen LogP contribution in [0.3, 0.4) is 0 Å². The number of fused-ring (bicyclic) bond motifs is 1. The minimum absolute atomic E-state index is 0.0676. The lowest BCUT2D eigenvalue weighted by atomic mass is 9.83. The summed E-state index contributed by atoms with van der Waals surface area (Å²) in [6.07, 6.45) is 3.83. The van der Waals surface area contributed by atoms with Crippen molar-refractivity contribution in [1.29, 1.82) is 0 Å². The van der Waals surface area contributed by atoms with Gasteiger partial charge in [-0.2, -0.15) is 10.1 Å². The molecular weight excluding hydrogens is 256 g/mol. The second-order valence-corrected chi connectivity index (χ2v) is 5.02. The molecule has 4 rings (SSSR count). The van der Waals surface area contributed by atoms with Crippen LogP contribution in [0.15, 0.2) is 47.1 Å². The molecule has 2 heterocycles. The largest absolute Gasteiger partial charge is 0.424 e. The molecule has 2 N–H and O–H groups in total. The van der Waals surface area contributed by atoms with Gasteiger partial charge in [0.1, 0.15) is 5.52 Å². The molecule has 6 heteroatoms. The fourth-order valence-corrected chi connectivity index (χ4v) is 2.67. The number of nitrogens with zero attached hydrogens (tertiary/aromatic N) is 3. The third-order valence-electron chi connectivity index (χ3n) is 3.73. The Hall–Kier alpha value is -2.34. The van der Waals surface area contributed by atoms with Gasteiger partial charge in [0.05, 0.1) is 18.2 Å². The highest BCUT2D eigenvalue weighted by Gasteiger charge is 2.42. The summed E-state index contributed by atoms with van der Waals surface area (Å²) in [5, 5.41) is 17.3. The van der Waals surface area contributed by atoms with Gasteiger partial charge in [0.2, 0.25) is 0 Å². The molecule has 6 nitrogen and oxygen atoms in total. The van der Waals surface area contributed by atoms with Crippen LogP contribution in [0.2, 0.25) is 0 Å². The van der Waals surface area contributed by atoms with Gasteiger partial charge >= 0.3 is 0 Å². The monoisotopic (exact) mass is 270 g/mol. The van der Waals surface area contributed by atoms with Crippen molar-refractivity contribution < 1.29 is 9.52 Å². The number of aliphatic hydroxyl groups excluding tert-OH is 1. The Morgan fingerprint density at radius 2 is 2.20 bits per heavy atom. The van der Waals surface area contributed by atoms with Crippen molar-refractivity contribution >= 4 is 17.1 Å². The molecule has 1 aliphatic carbocycles. The van der Waals surface area contributed by atoms with E-state index in [2.05, 4.69) is 15.4 Å². The molecule has 0 bridgehead atoms. The average molecular weight is 270 g/mol. The molecule has 1 fully saturated rings. The average Bonchev–Trinajstić information content (AvgIpc) is 3.06. The fraction of sp³-hybridized carbons (Fsp3) is 0.286. The molecule has 0 aliphatic heterocycles. The van der Waals surface area contributed by atoms with Gasteiger partial charge in [-0.3, -0.25) is 4.68 Å². The summed E-state index contributed by atoms with van der Waals surface area (Å²) in [6, 6.07) is 9.95. The van der Waals surface area contributed by atoms with Gasteiger partial charge in [-0.1, -0.05) is 12.1 Å². The highest BCUT2D eigenvalue weighted by atomic mass is 16.4. The maximum Gasteiger partial charge on any atom is 0.295 e. The Labute approximate surface area is 115 Å². The number of rotatable bonds is 3. The summed E-state index contributed by atoms with van der Waals surface area (Å²) in [5.41, 5.74) is 1.58. The Bertz CT molecular complexity index is 689.